The second-order valence-electron chi connectivity index (χ2n) is 10.3. The number of carbonyl (C=O) groups is 1. The molecule has 9 heteroatoms. The number of benzene rings is 1. The van der Waals surface area contributed by atoms with E-state index < -0.39 is 18.1 Å². The highest BCUT2D eigenvalue weighted by atomic mass is 16.5. The number of rotatable bonds is 9. The van der Waals surface area contributed by atoms with E-state index in [9.17, 15) is 14.7 Å². The van der Waals surface area contributed by atoms with Crippen LogP contribution in [-0.2, 0) is 34.4 Å². The lowest BCUT2D eigenvalue weighted by Crippen LogP contribution is -2.46. The van der Waals surface area contributed by atoms with Crippen LogP contribution >= 0.6 is 0 Å². The van der Waals surface area contributed by atoms with Crippen molar-refractivity contribution < 1.29 is 19.4 Å². The summed E-state index contributed by atoms with van der Waals surface area (Å²) < 4.78 is 14.7. The molecule has 37 heavy (non-hydrogen) atoms. The Labute approximate surface area is 217 Å². The third kappa shape index (κ3) is 6.29. The summed E-state index contributed by atoms with van der Waals surface area (Å²) in [5, 5.41) is 13.3. The highest BCUT2D eigenvalue weighted by Crippen LogP contribution is 2.29. The fraction of sp³-hybridized carbons (Fsp3) is 0.536. The van der Waals surface area contributed by atoms with Gasteiger partial charge in [-0.05, 0) is 70.2 Å². The molecule has 0 radical (unpaired) electrons. The Morgan fingerprint density at radius 1 is 1.24 bits per heavy atom. The maximum Gasteiger partial charge on any atom is 0.326 e. The molecule has 0 aliphatic carbocycles. The van der Waals surface area contributed by atoms with Crippen molar-refractivity contribution in [3.8, 4) is 11.4 Å². The van der Waals surface area contributed by atoms with Crippen molar-refractivity contribution in [2.45, 2.75) is 71.9 Å². The Balaban J connectivity index is 1.67. The number of aliphatic hydroxyl groups is 1. The van der Waals surface area contributed by atoms with E-state index in [0.717, 1.165) is 60.6 Å². The van der Waals surface area contributed by atoms with Crippen LogP contribution in [0.2, 0.25) is 0 Å². The van der Waals surface area contributed by atoms with E-state index in [1.165, 1.54) is 0 Å². The van der Waals surface area contributed by atoms with Crippen LogP contribution < -0.4 is 10.9 Å². The summed E-state index contributed by atoms with van der Waals surface area (Å²) in [5.41, 5.74) is 4.34. The van der Waals surface area contributed by atoms with E-state index in [0.29, 0.717) is 18.0 Å². The smallest absolute Gasteiger partial charge is 0.326 e. The third-order valence-corrected chi connectivity index (χ3v) is 6.83. The molecule has 9 nitrogen and oxygen atoms in total. The van der Waals surface area contributed by atoms with E-state index in [1.54, 1.807) is 32.4 Å². The van der Waals surface area contributed by atoms with Crippen LogP contribution in [0.15, 0.2) is 35.3 Å². The van der Waals surface area contributed by atoms with Gasteiger partial charge in [-0.2, -0.15) is 0 Å². The number of imidazole rings is 1. The average molecular weight is 511 g/mol. The number of ether oxygens (including phenoxy) is 2. The second kappa shape index (κ2) is 11.6. The van der Waals surface area contributed by atoms with Crippen molar-refractivity contribution >= 4 is 17.0 Å². The first kappa shape index (κ1) is 27.0. The minimum Gasteiger partial charge on any atom is -0.462 e. The largest absolute Gasteiger partial charge is 0.462 e. The van der Waals surface area contributed by atoms with Gasteiger partial charge >= 0.3 is 5.97 Å². The first-order chi connectivity index (χ1) is 17.6. The third-order valence-electron chi connectivity index (χ3n) is 6.83. The minimum atomic E-state index is -0.895. The topological polar surface area (TPSA) is 108 Å². The molecule has 3 heterocycles. The number of aromatic nitrogens is 3. The summed E-state index contributed by atoms with van der Waals surface area (Å²) in [6.45, 7) is 9.69. The van der Waals surface area contributed by atoms with Crippen molar-refractivity contribution in [2.24, 2.45) is 13.0 Å². The van der Waals surface area contributed by atoms with Crippen molar-refractivity contribution in [1.29, 1.82) is 0 Å². The first-order valence-corrected chi connectivity index (χ1v) is 13.0. The first-order valence-electron chi connectivity index (χ1n) is 13.0. The molecule has 1 aromatic carbocycles. The Kier molecular flexibility index (Phi) is 8.46. The molecule has 2 atom stereocenters. The monoisotopic (exact) mass is 510 g/mol. The molecule has 4 rings (SSSR count). The van der Waals surface area contributed by atoms with Crippen LogP contribution in [0.3, 0.4) is 0 Å². The summed E-state index contributed by atoms with van der Waals surface area (Å²) in [6.07, 6.45) is 2.69. The lowest BCUT2D eigenvalue weighted by Gasteiger charge is -2.23. The zero-order chi connectivity index (χ0) is 26.7. The van der Waals surface area contributed by atoms with E-state index in [-0.39, 0.29) is 11.7 Å². The van der Waals surface area contributed by atoms with Gasteiger partial charge < -0.3 is 23.7 Å². The molecule has 3 aromatic rings. The molecule has 1 aliphatic rings. The fourth-order valence-corrected chi connectivity index (χ4v) is 4.86. The van der Waals surface area contributed by atoms with Crippen LogP contribution in [0, 0.1) is 12.8 Å². The second-order valence-corrected chi connectivity index (χ2v) is 10.3. The molecular formula is C28H38N4O5. The number of aliphatic hydroxyl groups excluding tert-OH is 1. The van der Waals surface area contributed by atoms with E-state index >= 15 is 0 Å². The number of nitrogens with zero attached hydrogens (tertiary/aromatic N) is 3. The molecule has 200 valence electrons. The molecule has 1 saturated heterocycles. The predicted molar refractivity (Wildman–Crippen MR) is 142 cm³/mol. The molecular weight excluding hydrogens is 472 g/mol. The van der Waals surface area contributed by atoms with Crippen LogP contribution in [0.1, 0.15) is 44.7 Å². The number of pyridine rings is 1. The SMILES string of the molecule is Cc1cc(-c2nc3cc(CNC(C(=O)OC(C)C)C(C)O)ccc3n2CC2CCOCC2)cn(C)c1=O. The number of nitrogens with one attached hydrogen (secondary N) is 1. The van der Waals surface area contributed by atoms with Crippen LogP contribution in [0.5, 0.6) is 0 Å². The van der Waals surface area contributed by atoms with E-state index in [1.807, 2.05) is 31.3 Å². The number of fused-ring (bicyclic) bond motifs is 1. The van der Waals surface area contributed by atoms with Gasteiger partial charge in [-0.3, -0.25) is 14.9 Å². The molecule has 2 aromatic heterocycles. The number of hydrogen-bond donors (Lipinski definition) is 2. The molecule has 2 N–H and O–H groups in total. The van der Waals surface area contributed by atoms with Crippen molar-refractivity contribution in [3.63, 3.8) is 0 Å². The van der Waals surface area contributed by atoms with Gasteiger partial charge in [0.1, 0.15) is 11.9 Å². The zero-order valence-corrected chi connectivity index (χ0v) is 22.4. The summed E-state index contributed by atoms with van der Waals surface area (Å²) in [6, 6.07) is 7.16. The zero-order valence-electron chi connectivity index (χ0n) is 22.4. The van der Waals surface area contributed by atoms with E-state index in [4.69, 9.17) is 14.5 Å². The van der Waals surface area contributed by atoms with E-state index in [2.05, 4.69) is 16.0 Å². The number of aryl methyl sites for hydroxylation is 2. The number of esters is 1. The Hall–Kier alpha value is -3.01. The molecule has 0 amide bonds. The van der Waals surface area contributed by atoms with Crippen LogP contribution in [0.4, 0.5) is 0 Å². The highest BCUT2D eigenvalue weighted by molar-refractivity contribution is 5.81. The van der Waals surface area contributed by atoms with Crippen molar-refractivity contribution in [3.05, 3.63) is 51.9 Å². The van der Waals surface area contributed by atoms with Gasteiger partial charge in [-0.1, -0.05) is 6.07 Å². The predicted octanol–water partition coefficient (Wildman–Crippen LogP) is 2.93. The van der Waals surface area contributed by atoms with Gasteiger partial charge in [0.05, 0.1) is 23.2 Å². The molecule has 1 fully saturated rings. The lowest BCUT2D eigenvalue weighted by atomic mass is 10.00. The maximum absolute atomic E-state index is 12.4. The number of hydrogen-bond acceptors (Lipinski definition) is 7. The summed E-state index contributed by atoms with van der Waals surface area (Å²) in [7, 11) is 1.76. The van der Waals surface area contributed by atoms with Gasteiger partial charge in [-0.15, -0.1) is 0 Å². The van der Waals surface area contributed by atoms with Crippen LogP contribution in [0.25, 0.3) is 22.4 Å². The van der Waals surface area contributed by atoms with Crippen LogP contribution in [-0.4, -0.2) is 56.7 Å². The summed E-state index contributed by atoms with van der Waals surface area (Å²) in [4.78, 5) is 29.7. The van der Waals surface area contributed by atoms with Gasteiger partial charge in [0.2, 0.25) is 0 Å². The normalized spacial score (nSPS) is 16.3. The maximum atomic E-state index is 12.4. The standard InChI is InChI=1S/C28H38N4O5/c1-17(2)37-28(35)25(19(4)33)29-14-21-6-7-24-23(13-21)30-26(22-12-18(3)27(34)31(5)16-22)32(24)15-20-8-10-36-11-9-20/h6-7,12-13,16-17,19-20,25,29,33H,8-11,14-15H2,1-5H3. The minimum absolute atomic E-state index is 0.0205. The quantitative estimate of drug-likeness (QED) is 0.426. The Bertz CT molecular complexity index is 1280. The van der Waals surface area contributed by atoms with Gasteiger partial charge in [0.15, 0.2) is 0 Å². The lowest BCUT2D eigenvalue weighted by molar-refractivity contribution is -0.152. The molecule has 0 saturated carbocycles. The fourth-order valence-electron chi connectivity index (χ4n) is 4.86. The van der Waals surface area contributed by atoms with Gasteiger partial charge in [0, 0.05) is 50.7 Å². The van der Waals surface area contributed by atoms with Gasteiger partial charge in [0.25, 0.3) is 5.56 Å². The molecule has 2 unspecified atom stereocenters. The molecule has 0 bridgehead atoms. The summed E-state index contributed by atoms with van der Waals surface area (Å²) in [5.74, 6) is 0.838. The molecule has 0 spiro atoms. The average Bonchev–Trinajstić information content (AvgIpc) is 3.19. The molecule has 1 aliphatic heterocycles. The van der Waals surface area contributed by atoms with Gasteiger partial charge in [-0.25, -0.2) is 4.98 Å². The van der Waals surface area contributed by atoms with Crippen molar-refractivity contribution in [2.75, 3.05) is 13.2 Å². The number of carbonyl (C=O) groups excluding carboxylic acids is 1. The summed E-state index contributed by atoms with van der Waals surface area (Å²) >= 11 is 0. The van der Waals surface area contributed by atoms with Crippen molar-refractivity contribution in [1.82, 2.24) is 19.4 Å². The Morgan fingerprint density at radius 2 is 1.97 bits per heavy atom. The Morgan fingerprint density at radius 3 is 2.62 bits per heavy atom. The highest BCUT2D eigenvalue weighted by Gasteiger charge is 2.26.